The van der Waals surface area contributed by atoms with E-state index in [0.717, 1.165) is 8.59 Å². The molecule has 0 spiro atoms. The molecule has 0 radical (unpaired) electrons. The number of halogens is 4. The molecule has 0 atom stereocenters. The van der Waals surface area contributed by atoms with E-state index >= 15 is 0 Å². The van der Waals surface area contributed by atoms with Crippen LogP contribution < -0.4 is 22.5 Å². The Labute approximate surface area is 252 Å². The van der Waals surface area contributed by atoms with E-state index in [4.69, 9.17) is 50.0 Å². The maximum absolute atomic E-state index is 12.1. The number of carbonyl (C=O) groups is 1. The summed E-state index contributed by atoms with van der Waals surface area (Å²) in [6.45, 7) is 0. The quantitative estimate of drug-likeness (QED) is 0.128. The minimum Gasteiger partial charge on any atom is -0.397 e. The number of nitrogen functional groups attached to an aromatic ring is 3. The van der Waals surface area contributed by atoms with Gasteiger partial charge >= 0.3 is 6.15 Å². The van der Waals surface area contributed by atoms with Crippen molar-refractivity contribution in [1.29, 1.82) is 0 Å². The zero-order valence-corrected chi connectivity index (χ0v) is 25.0. The Bertz CT molecular complexity index is 1290. The molecule has 4 rings (SSSR count). The first-order valence-electron chi connectivity index (χ1n) is 10.2. The number of para-hydroxylation sites is 4. The molecular weight excluding hydrogens is 741 g/mol. The van der Waals surface area contributed by atoms with Crippen LogP contribution in [0.2, 0.25) is 10.0 Å². The van der Waals surface area contributed by atoms with E-state index in [1.165, 1.54) is 3.57 Å². The highest BCUT2D eigenvalue weighted by atomic mass is 127. The average molecular weight is 763 g/mol. The molecule has 0 fully saturated rings. The van der Waals surface area contributed by atoms with E-state index < -0.39 is 0 Å². The third kappa shape index (κ3) is 12.8. The summed E-state index contributed by atoms with van der Waals surface area (Å²) >= 11 is 15.8. The van der Waals surface area contributed by atoms with Crippen molar-refractivity contribution in [2.75, 3.05) is 22.5 Å². The van der Waals surface area contributed by atoms with Crippen molar-refractivity contribution < 1.29 is 14.4 Å². The summed E-state index contributed by atoms with van der Waals surface area (Å²) in [6.07, 6.45) is 0.250. The van der Waals surface area contributed by atoms with Crippen molar-refractivity contribution in [2.45, 2.75) is 0 Å². The van der Waals surface area contributed by atoms with Gasteiger partial charge in [0.1, 0.15) is 0 Å². The molecule has 0 aliphatic heterocycles. The van der Waals surface area contributed by atoms with E-state index in [2.05, 4.69) is 50.5 Å². The van der Waals surface area contributed by atoms with E-state index in [1.807, 2.05) is 48.5 Å². The third-order valence-corrected chi connectivity index (χ3v) is 6.33. The molecule has 1 amide bonds. The molecule has 11 heteroatoms. The fourth-order valence-electron chi connectivity index (χ4n) is 2.41. The molecule has 0 unspecified atom stereocenters. The molecule has 0 bridgehead atoms. The molecule has 0 aliphatic carbocycles. The molecule has 0 saturated carbocycles. The highest BCUT2D eigenvalue weighted by Crippen LogP contribution is 2.22. The van der Waals surface area contributed by atoms with E-state index in [0.29, 0.717) is 33.3 Å². The second-order valence-corrected chi connectivity index (χ2v) is 10.1. The molecule has 0 aromatic heterocycles. The summed E-state index contributed by atoms with van der Waals surface area (Å²) in [4.78, 5) is 28.4. The second-order valence-electron chi connectivity index (χ2n) is 6.81. The van der Waals surface area contributed by atoms with Gasteiger partial charge in [-0.25, -0.2) is 0 Å². The van der Waals surface area contributed by atoms with Crippen LogP contribution in [-0.2, 0) is 9.59 Å². The molecule has 0 saturated heterocycles. The lowest BCUT2D eigenvalue weighted by Crippen LogP contribution is -2.14. The summed E-state index contributed by atoms with van der Waals surface area (Å²) in [5, 5.41) is 4.09. The predicted molar refractivity (Wildman–Crippen MR) is 167 cm³/mol. The normalized spacial score (nSPS) is 9.08. The van der Waals surface area contributed by atoms with Gasteiger partial charge in [0.05, 0.1) is 28.3 Å². The fraction of sp³-hybridized carbons (Fsp3) is 0. The summed E-state index contributed by atoms with van der Waals surface area (Å²) < 4.78 is 2.05. The molecule has 4 aromatic rings. The number of anilines is 4. The van der Waals surface area contributed by atoms with Crippen LogP contribution in [0.5, 0.6) is 0 Å². The van der Waals surface area contributed by atoms with Crippen LogP contribution >= 0.6 is 68.4 Å². The lowest BCUT2D eigenvalue weighted by Gasteiger charge is -2.09. The van der Waals surface area contributed by atoms with Crippen molar-refractivity contribution in [1.82, 2.24) is 0 Å². The van der Waals surface area contributed by atoms with Gasteiger partial charge in [-0.1, -0.05) is 47.5 Å². The summed E-state index contributed by atoms with van der Waals surface area (Å²) in [5.41, 5.74) is 19.5. The molecule has 7 N–H and O–H groups in total. The molecule has 4 aromatic carbocycles. The molecule has 37 heavy (non-hydrogen) atoms. The first-order valence-corrected chi connectivity index (χ1v) is 13.1. The lowest BCUT2D eigenvalue weighted by molar-refractivity contribution is -0.191. The highest BCUT2D eigenvalue weighted by molar-refractivity contribution is 14.1. The Hall–Kier alpha value is -2.83. The first kappa shape index (κ1) is 32.2. The van der Waals surface area contributed by atoms with Gasteiger partial charge < -0.3 is 22.5 Å². The van der Waals surface area contributed by atoms with Gasteiger partial charge in [-0.3, -0.25) is 4.79 Å². The SMILES string of the molecule is Clc1ccc(I)cc1.Nc1ccccc1N.Nc1ccccc1NC(=O)c1cc(Cl)ccc1I.O=C=O. The molecule has 0 heterocycles. The largest absolute Gasteiger partial charge is 0.397 e. The van der Waals surface area contributed by atoms with Crippen LogP contribution in [0.3, 0.4) is 0 Å². The summed E-state index contributed by atoms with van der Waals surface area (Å²) in [6, 6.07) is 27.3. The number of benzene rings is 4. The van der Waals surface area contributed by atoms with E-state index in [1.54, 1.807) is 42.5 Å². The van der Waals surface area contributed by atoms with Gasteiger partial charge in [0.2, 0.25) is 0 Å². The standard InChI is InChI=1S/C13H10ClIN2O.C6H4ClI.C6H8N2.CO2/c14-8-5-6-10(15)9(7-8)13(18)17-12-4-2-1-3-11(12)16;7-5-1-3-6(8)4-2-5;7-5-3-1-2-4-6(5)8;2-1-3/h1-7H,16H2,(H,17,18);1-4H;1-4H,7-8H2;. The van der Waals surface area contributed by atoms with Gasteiger partial charge in [0, 0.05) is 17.2 Å². The van der Waals surface area contributed by atoms with Gasteiger partial charge in [-0.15, -0.1) is 0 Å². The van der Waals surface area contributed by atoms with Crippen molar-refractivity contribution in [3.8, 4) is 0 Å². The lowest BCUT2D eigenvalue weighted by atomic mass is 10.2. The van der Waals surface area contributed by atoms with Crippen LogP contribution in [0.25, 0.3) is 0 Å². The Kier molecular flexibility index (Phi) is 15.3. The van der Waals surface area contributed by atoms with E-state index in [-0.39, 0.29) is 12.1 Å². The maximum Gasteiger partial charge on any atom is 0.373 e. The third-order valence-electron chi connectivity index (χ3n) is 4.18. The van der Waals surface area contributed by atoms with Crippen LogP contribution in [0.15, 0.2) is 91.0 Å². The maximum atomic E-state index is 12.1. The number of carbonyl (C=O) groups excluding carboxylic acids is 3. The van der Waals surface area contributed by atoms with Crippen LogP contribution in [0.4, 0.5) is 22.7 Å². The molecule has 7 nitrogen and oxygen atoms in total. The Morgan fingerprint density at radius 2 is 1.16 bits per heavy atom. The highest BCUT2D eigenvalue weighted by Gasteiger charge is 2.11. The summed E-state index contributed by atoms with van der Waals surface area (Å²) in [5.74, 6) is -0.222. The number of nitrogens with two attached hydrogens (primary N) is 3. The minimum absolute atomic E-state index is 0.222. The monoisotopic (exact) mass is 762 g/mol. The first-order chi connectivity index (χ1) is 17.6. The van der Waals surface area contributed by atoms with Crippen molar-refractivity contribution in [3.63, 3.8) is 0 Å². The zero-order chi connectivity index (χ0) is 27.8. The molecular formula is C26H22Cl2I2N4O3. The van der Waals surface area contributed by atoms with Crippen LogP contribution in [-0.4, -0.2) is 12.1 Å². The molecule has 192 valence electrons. The van der Waals surface area contributed by atoms with Gasteiger partial charge in [-0.05, 0) is 112 Å². The van der Waals surface area contributed by atoms with Crippen molar-refractivity contribution in [3.05, 3.63) is 114 Å². The van der Waals surface area contributed by atoms with Gasteiger partial charge in [0.25, 0.3) is 5.91 Å². The Morgan fingerprint density at radius 3 is 1.62 bits per heavy atom. The van der Waals surface area contributed by atoms with E-state index in [9.17, 15) is 4.79 Å². The van der Waals surface area contributed by atoms with Crippen molar-refractivity contribution >= 4 is 103 Å². The average Bonchev–Trinajstić information content (AvgIpc) is 2.87. The number of nitrogens with one attached hydrogen (secondary N) is 1. The van der Waals surface area contributed by atoms with Gasteiger partial charge in [0.15, 0.2) is 0 Å². The Morgan fingerprint density at radius 1 is 0.703 bits per heavy atom. The number of rotatable bonds is 2. The van der Waals surface area contributed by atoms with Crippen LogP contribution in [0, 0.1) is 7.14 Å². The number of amides is 1. The number of hydrogen-bond donors (Lipinski definition) is 4. The smallest absolute Gasteiger partial charge is 0.373 e. The molecule has 0 aliphatic rings. The summed E-state index contributed by atoms with van der Waals surface area (Å²) in [7, 11) is 0. The topological polar surface area (TPSA) is 141 Å². The van der Waals surface area contributed by atoms with Crippen LogP contribution in [0.1, 0.15) is 10.4 Å². The van der Waals surface area contributed by atoms with Crippen molar-refractivity contribution in [2.24, 2.45) is 0 Å². The minimum atomic E-state index is -0.222. The zero-order valence-electron chi connectivity index (χ0n) is 19.1. The fourth-order valence-corrected chi connectivity index (χ4v) is 3.65. The predicted octanol–water partition coefficient (Wildman–Crippen LogP) is 6.99. The Balaban J connectivity index is 0.000000298. The van der Waals surface area contributed by atoms with Gasteiger partial charge in [-0.2, -0.15) is 9.59 Å². The number of hydrogen-bond acceptors (Lipinski definition) is 6. The second kappa shape index (κ2) is 17.6.